The number of nitrogens with zero attached hydrogens (tertiary/aromatic N) is 2. The number of para-hydroxylation sites is 1. The monoisotopic (exact) mass is 305 g/mol. The number of benzene rings is 1. The molecule has 1 aromatic carbocycles. The highest BCUT2D eigenvalue weighted by Crippen LogP contribution is 2.26. The molecule has 1 N–H and O–H groups in total. The first-order valence-corrected chi connectivity index (χ1v) is 8.11. The molecule has 2 heterocycles. The van der Waals surface area contributed by atoms with Gasteiger partial charge in [0.15, 0.2) is 4.21 Å². The lowest BCUT2D eigenvalue weighted by Crippen LogP contribution is -2.12. The SMILES string of the molecule is Cc1c(NS(=O)(=O)c2ccns2)cnc2ccccc12. The van der Waals surface area contributed by atoms with Crippen molar-refractivity contribution in [3.05, 3.63) is 48.3 Å². The van der Waals surface area contributed by atoms with Gasteiger partial charge in [-0.2, -0.15) is 4.37 Å². The molecule has 3 aromatic rings. The molecule has 0 fully saturated rings. The van der Waals surface area contributed by atoms with E-state index in [1.54, 1.807) is 0 Å². The van der Waals surface area contributed by atoms with Gasteiger partial charge in [0, 0.05) is 11.6 Å². The van der Waals surface area contributed by atoms with Gasteiger partial charge in [0.25, 0.3) is 10.0 Å². The Balaban J connectivity index is 2.06. The maximum Gasteiger partial charge on any atom is 0.273 e. The van der Waals surface area contributed by atoms with Crippen molar-refractivity contribution in [1.29, 1.82) is 0 Å². The van der Waals surface area contributed by atoms with E-state index in [9.17, 15) is 8.42 Å². The maximum absolute atomic E-state index is 12.2. The number of sulfonamides is 1. The van der Waals surface area contributed by atoms with Gasteiger partial charge in [-0.15, -0.1) is 0 Å². The number of aryl methyl sites for hydroxylation is 1. The van der Waals surface area contributed by atoms with E-state index in [-0.39, 0.29) is 4.21 Å². The molecule has 0 aliphatic carbocycles. The summed E-state index contributed by atoms with van der Waals surface area (Å²) >= 11 is 0.938. The van der Waals surface area contributed by atoms with Crippen LogP contribution in [0.2, 0.25) is 0 Å². The van der Waals surface area contributed by atoms with Crippen molar-refractivity contribution in [1.82, 2.24) is 9.36 Å². The Hall–Kier alpha value is -1.99. The van der Waals surface area contributed by atoms with E-state index < -0.39 is 10.0 Å². The Morgan fingerprint density at radius 2 is 2.00 bits per heavy atom. The topological polar surface area (TPSA) is 72.0 Å². The average Bonchev–Trinajstić information content (AvgIpc) is 2.97. The number of nitrogens with one attached hydrogen (secondary N) is 1. The fourth-order valence-electron chi connectivity index (χ4n) is 1.92. The first kappa shape index (κ1) is 13.0. The summed E-state index contributed by atoms with van der Waals surface area (Å²) in [5, 5.41) is 0.928. The Bertz CT molecular complexity index is 858. The lowest BCUT2D eigenvalue weighted by atomic mass is 10.1. The minimum atomic E-state index is -3.60. The fourth-order valence-corrected chi connectivity index (χ4v) is 3.75. The zero-order valence-electron chi connectivity index (χ0n) is 10.6. The molecule has 20 heavy (non-hydrogen) atoms. The number of hydrogen-bond acceptors (Lipinski definition) is 5. The Morgan fingerprint density at radius 3 is 2.75 bits per heavy atom. The van der Waals surface area contributed by atoms with E-state index in [4.69, 9.17) is 0 Å². The normalized spacial score (nSPS) is 11.7. The van der Waals surface area contributed by atoms with Crippen LogP contribution in [0.3, 0.4) is 0 Å². The lowest BCUT2D eigenvalue weighted by molar-refractivity contribution is 0.603. The number of anilines is 1. The minimum absolute atomic E-state index is 0.185. The van der Waals surface area contributed by atoms with Crippen LogP contribution in [0.1, 0.15) is 5.56 Å². The summed E-state index contributed by atoms with van der Waals surface area (Å²) in [4.78, 5) is 4.27. The summed E-state index contributed by atoms with van der Waals surface area (Å²) in [7, 11) is -3.60. The molecule has 3 rings (SSSR count). The van der Waals surface area contributed by atoms with Crippen LogP contribution in [0.5, 0.6) is 0 Å². The van der Waals surface area contributed by atoms with Crippen LogP contribution >= 0.6 is 11.5 Å². The second-order valence-electron chi connectivity index (χ2n) is 4.25. The second kappa shape index (κ2) is 4.84. The highest BCUT2D eigenvalue weighted by Gasteiger charge is 2.17. The van der Waals surface area contributed by atoms with Crippen molar-refractivity contribution in [2.75, 3.05) is 4.72 Å². The molecule has 0 bridgehead atoms. The number of rotatable bonds is 3. The van der Waals surface area contributed by atoms with Gasteiger partial charge in [0.1, 0.15) is 0 Å². The molecule has 0 atom stereocenters. The van der Waals surface area contributed by atoms with E-state index in [1.807, 2.05) is 31.2 Å². The zero-order chi connectivity index (χ0) is 14.2. The van der Waals surface area contributed by atoms with E-state index in [0.717, 1.165) is 28.0 Å². The van der Waals surface area contributed by atoms with Gasteiger partial charge in [-0.05, 0) is 36.2 Å². The van der Waals surface area contributed by atoms with Gasteiger partial charge in [0.2, 0.25) is 0 Å². The van der Waals surface area contributed by atoms with Crippen LogP contribution in [-0.4, -0.2) is 17.8 Å². The summed E-state index contributed by atoms with van der Waals surface area (Å²) in [5.74, 6) is 0. The smallest absolute Gasteiger partial charge is 0.273 e. The quantitative estimate of drug-likeness (QED) is 0.807. The van der Waals surface area contributed by atoms with Gasteiger partial charge in [-0.25, -0.2) is 8.42 Å². The molecule has 0 radical (unpaired) electrons. The summed E-state index contributed by atoms with van der Waals surface area (Å²) in [6, 6.07) is 9.08. The molecular weight excluding hydrogens is 294 g/mol. The molecule has 0 saturated carbocycles. The number of fused-ring (bicyclic) bond motifs is 1. The zero-order valence-corrected chi connectivity index (χ0v) is 12.2. The highest BCUT2D eigenvalue weighted by molar-refractivity contribution is 7.94. The van der Waals surface area contributed by atoms with Gasteiger partial charge in [-0.1, -0.05) is 18.2 Å². The van der Waals surface area contributed by atoms with Crippen molar-refractivity contribution in [2.24, 2.45) is 0 Å². The first-order valence-electron chi connectivity index (χ1n) is 5.86. The van der Waals surface area contributed by atoms with E-state index in [2.05, 4.69) is 14.1 Å². The second-order valence-corrected chi connectivity index (χ2v) is 6.99. The van der Waals surface area contributed by atoms with E-state index in [0.29, 0.717) is 5.69 Å². The van der Waals surface area contributed by atoms with Gasteiger partial charge >= 0.3 is 0 Å². The molecule has 0 unspecified atom stereocenters. The number of pyridine rings is 1. The summed E-state index contributed by atoms with van der Waals surface area (Å²) in [6.45, 7) is 1.87. The van der Waals surface area contributed by atoms with Crippen molar-refractivity contribution in [2.45, 2.75) is 11.1 Å². The summed E-state index contributed by atoms with van der Waals surface area (Å²) in [5.41, 5.74) is 2.17. The highest BCUT2D eigenvalue weighted by atomic mass is 32.2. The van der Waals surface area contributed by atoms with Gasteiger partial charge in [-0.3, -0.25) is 9.71 Å². The van der Waals surface area contributed by atoms with E-state index >= 15 is 0 Å². The molecule has 7 heteroatoms. The summed E-state index contributed by atoms with van der Waals surface area (Å²) < 4.78 is 30.9. The molecular formula is C13H11N3O2S2. The Kier molecular flexibility index (Phi) is 3.15. The van der Waals surface area contributed by atoms with Crippen LogP contribution in [0, 0.1) is 6.92 Å². The van der Waals surface area contributed by atoms with Crippen molar-refractivity contribution in [3.8, 4) is 0 Å². The molecule has 0 aliphatic rings. The van der Waals surface area contributed by atoms with Gasteiger partial charge < -0.3 is 0 Å². The van der Waals surface area contributed by atoms with Crippen LogP contribution < -0.4 is 4.72 Å². The van der Waals surface area contributed by atoms with Crippen molar-refractivity contribution in [3.63, 3.8) is 0 Å². The number of hydrogen-bond donors (Lipinski definition) is 1. The van der Waals surface area contributed by atoms with Crippen LogP contribution in [0.4, 0.5) is 5.69 Å². The minimum Gasteiger partial charge on any atom is -0.277 e. The maximum atomic E-state index is 12.2. The molecule has 5 nitrogen and oxygen atoms in total. The van der Waals surface area contributed by atoms with Crippen LogP contribution in [0.15, 0.2) is 46.9 Å². The van der Waals surface area contributed by atoms with Crippen LogP contribution in [0.25, 0.3) is 10.9 Å². The fraction of sp³-hybridized carbons (Fsp3) is 0.0769. The summed E-state index contributed by atoms with van der Waals surface area (Å²) in [6.07, 6.45) is 3.00. The van der Waals surface area contributed by atoms with Gasteiger partial charge in [0.05, 0.1) is 17.4 Å². The molecule has 0 spiro atoms. The largest absolute Gasteiger partial charge is 0.277 e. The van der Waals surface area contributed by atoms with Crippen molar-refractivity contribution < 1.29 is 8.42 Å². The Morgan fingerprint density at radius 1 is 1.20 bits per heavy atom. The predicted octanol–water partition coefficient (Wildman–Crippen LogP) is 2.80. The molecule has 0 aliphatic heterocycles. The first-order chi connectivity index (χ1) is 9.58. The molecule has 102 valence electrons. The van der Waals surface area contributed by atoms with E-state index in [1.165, 1.54) is 18.5 Å². The molecule has 2 aromatic heterocycles. The third-order valence-corrected chi connectivity index (χ3v) is 5.55. The molecule has 0 saturated heterocycles. The third-order valence-electron chi connectivity index (χ3n) is 2.97. The predicted molar refractivity (Wildman–Crippen MR) is 79.4 cm³/mol. The van der Waals surface area contributed by atoms with Crippen LogP contribution in [-0.2, 0) is 10.0 Å². The van der Waals surface area contributed by atoms with Crippen molar-refractivity contribution >= 4 is 38.1 Å². The Labute approximate surface area is 120 Å². The lowest BCUT2D eigenvalue weighted by Gasteiger charge is -2.10. The standard InChI is InChI=1S/C13H11N3O2S2/c1-9-10-4-2-3-5-11(10)14-8-12(9)16-20(17,18)13-6-7-15-19-13/h2-8,16H,1H3. The number of aromatic nitrogens is 2. The average molecular weight is 305 g/mol. The molecule has 0 amide bonds. The third kappa shape index (κ3) is 2.25.